The van der Waals surface area contributed by atoms with Gasteiger partial charge in [0.05, 0.1) is 41.0 Å². The van der Waals surface area contributed by atoms with E-state index in [0.29, 0.717) is 51.7 Å². The zero-order chi connectivity index (χ0) is 29.2. The number of pyridine rings is 1. The highest BCUT2D eigenvalue weighted by molar-refractivity contribution is 5.86. The van der Waals surface area contributed by atoms with E-state index in [1.807, 2.05) is 42.8 Å². The SMILES string of the molecule is Cc1cc(CN2C[C@@H]3C[C@H]2CO3)cc2c(=O)c(-c3cc(-c4ccc(C#N)cc4-c4nncn4C)cc(C4CC4)n3)coc12. The summed E-state index contributed by atoms with van der Waals surface area (Å²) >= 11 is 0. The fourth-order valence-electron chi connectivity index (χ4n) is 6.68. The standard InChI is InChI=1S/C34H30N6O3/c1-19-7-21(14-40-15-25-12-24(40)16-42-25)9-28-32(41)29(17-43-33(19)28)31-11-23(10-30(37-31)22-4-5-22)26-6-3-20(13-35)8-27(26)34-38-36-18-39(34)2/h3,6-11,17-18,22,24-25H,4-5,12,14-16H2,1-2H3/t24-,25-/m0/s1. The van der Waals surface area contributed by atoms with E-state index in [9.17, 15) is 10.1 Å². The summed E-state index contributed by atoms with van der Waals surface area (Å²) in [4.78, 5) is 21.6. The highest BCUT2D eigenvalue weighted by atomic mass is 16.5. The van der Waals surface area contributed by atoms with Gasteiger partial charge in [-0.2, -0.15) is 5.26 Å². The topological polar surface area (TPSA) is 110 Å². The molecule has 0 N–H and O–H groups in total. The fourth-order valence-corrected chi connectivity index (χ4v) is 6.68. The van der Waals surface area contributed by atoms with Crippen molar-refractivity contribution < 1.29 is 9.15 Å². The molecule has 0 radical (unpaired) electrons. The molecule has 2 aliphatic heterocycles. The second kappa shape index (κ2) is 9.97. The van der Waals surface area contributed by atoms with Crippen LogP contribution < -0.4 is 5.43 Å². The van der Waals surface area contributed by atoms with E-state index in [-0.39, 0.29) is 5.43 Å². The summed E-state index contributed by atoms with van der Waals surface area (Å²) in [5, 5.41) is 18.6. The third-order valence-corrected chi connectivity index (χ3v) is 9.05. The molecule has 0 unspecified atom stereocenters. The third-order valence-electron chi connectivity index (χ3n) is 9.05. The number of hydrogen-bond donors (Lipinski definition) is 0. The normalized spacial score (nSPS) is 19.7. The van der Waals surface area contributed by atoms with Crippen LogP contribution in [-0.4, -0.2) is 49.9 Å². The van der Waals surface area contributed by atoms with Crippen LogP contribution in [0.2, 0.25) is 0 Å². The minimum Gasteiger partial charge on any atom is -0.463 e. The number of nitriles is 1. The number of morpholine rings is 1. The number of fused-ring (bicyclic) bond motifs is 3. The minimum atomic E-state index is -0.0859. The first-order valence-electron chi connectivity index (χ1n) is 14.8. The van der Waals surface area contributed by atoms with Gasteiger partial charge in [0.2, 0.25) is 5.43 Å². The molecular formula is C34H30N6O3. The second-order valence-electron chi connectivity index (χ2n) is 12.1. The molecule has 3 fully saturated rings. The molecule has 1 aliphatic carbocycles. The molecule has 3 aromatic heterocycles. The summed E-state index contributed by atoms with van der Waals surface area (Å²) in [5.41, 5.74) is 7.69. The number of likely N-dealkylation sites (tertiary alicyclic amines) is 1. The van der Waals surface area contributed by atoms with Crippen molar-refractivity contribution in [3.8, 4) is 39.8 Å². The third kappa shape index (κ3) is 4.54. The van der Waals surface area contributed by atoms with E-state index < -0.39 is 0 Å². The summed E-state index contributed by atoms with van der Waals surface area (Å²) in [6, 6.07) is 16.4. The van der Waals surface area contributed by atoms with Crippen LogP contribution in [0.25, 0.3) is 44.7 Å². The number of hydrogen-bond acceptors (Lipinski definition) is 8. The summed E-state index contributed by atoms with van der Waals surface area (Å²) in [7, 11) is 1.88. The number of benzene rings is 2. The Kier molecular flexibility index (Phi) is 6.03. The van der Waals surface area contributed by atoms with Crippen molar-refractivity contribution in [2.75, 3.05) is 13.2 Å². The van der Waals surface area contributed by atoms with Crippen molar-refractivity contribution in [3.63, 3.8) is 0 Å². The van der Waals surface area contributed by atoms with Crippen LogP contribution in [0.4, 0.5) is 0 Å². The lowest BCUT2D eigenvalue weighted by atomic mass is 9.95. The van der Waals surface area contributed by atoms with Crippen molar-refractivity contribution in [1.82, 2.24) is 24.6 Å². The predicted octanol–water partition coefficient (Wildman–Crippen LogP) is 5.35. The molecule has 3 aliphatic rings. The maximum Gasteiger partial charge on any atom is 0.202 e. The summed E-state index contributed by atoms with van der Waals surface area (Å²) < 4.78 is 13.8. The van der Waals surface area contributed by atoms with Crippen LogP contribution in [0.3, 0.4) is 0 Å². The number of aromatic nitrogens is 4. The van der Waals surface area contributed by atoms with Gasteiger partial charge in [-0.25, -0.2) is 0 Å². The van der Waals surface area contributed by atoms with Gasteiger partial charge in [-0.15, -0.1) is 10.2 Å². The highest BCUT2D eigenvalue weighted by Crippen LogP contribution is 2.42. The Balaban J connectivity index is 1.25. The lowest BCUT2D eigenvalue weighted by Crippen LogP contribution is -2.36. The molecule has 5 aromatic rings. The molecule has 2 atom stereocenters. The summed E-state index contributed by atoms with van der Waals surface area (Å²) in [6.45, 7) is 4.50. The van der Waals surface area contributed by atoms with Gasteiger partial charge in [-0.1, -0.05) is 12.1 Å². The number of ether oxygens (including phenoxy) is 1. The first kappa shape index (κ1) is 26.0. The lowest BCUT2D eigenvalue weighted by molar-refractivity contribution is 0.0273. The largest absolute Gasteiger partial charge is 0.463 e. The average Bonchev–Trinajstić information content (AvgIpc) is 3.44. The Bertz CT molecular complexity index is 2020. The lowest BCUT2D eigenvalue weighted by Gasteiger charge is -2.26. The van der Waals surface area contributed by atoms with E-state index in [2.05, 4.69) is 33.3 Å². The number of rotatable bonds is 6. The molecule has 2 aromatic carbocycles. The zero-order valence-electron chi connectivity index (χ0n) is 24.1. The maximum atomic E-state index is 14.1. The van der Waals surface area contributed by atoms with Gasteiger partial charge < -0.3 is 13.7 Å². The van der Waals surface area contributed by atoms with Crippen LogP contribution in [-0.2, 0) is 18.3 Å². The van der Waals surface area contributed by atoms with E-state index in [1.165, 1.54) is 0 Å². The molecule has 8 rings (SSSR count). The summed E-state index contributed by atoms with van der Waals surface area (Å²) in [5.74, 6) is 1.01. The van der Waals surface area contributed by atoms with Crippen LogP contribution >= 0.6 is 0 Å². The average molecular weight is 571 g/mol. The molecule has 0 spiro atoms. The van der Waals surface area contributed by atoms with Crippen LogP contribution in [0.5, 0.6) is 0 Å². The molecule has 9 heteroatoms. The number of nitrogens with zero attached hydrogens (tertiary/aromatic N) is 6. The Morgan fingerprint density at radius 1 is 1.09 bits per heavy atom. The fraction of sp³-hybridized carbons (Fsp3) is 0.324. The quantitative estimate of drug-likeness (QED) is 0.269. The van der Waals surface area contributed by atoms with E-state index >= 15 is 0 Å². The van der Waals surface area contributed by atoms with Gasteiger partial charge in [0.25, 0.3) is 0 Å². The first-order chi connectivity index (χ1) is 20.9. The number of aryl methyl sites for hydroxylation is 2. The smallest absolute Gasteiger partial charge is 0.202 e. The Morgan fingerprint density at radius 3 is 2.70 bits per heavy atom. The Hall–Kier alpha value is -4.65. The monoisotopic (exact) mass is 570 g/mol. The van der Waals surface area contributed by atoms with Crippen LogP contribution in [0.1, 0.15) is 47.6 Å². The zero-order valence-corrected chi connectivity index (χ0v) is 24.1. The molecule has 214 valence electrons. The minimum absolute atomic E-state index is 0.0859. The Labute approximate surface area is 248 Å². The predicted molar refractivity (Wildman–Crippen MR) is 161 cm³/mol. The van der Waals surface area contributed by atoms with E-state index in [4.69, 9.17) is 14.1 Å². The molecule has 2 saturated heterocycles. The van der Waals surface area contributed by atoms with Crippen molar-refractivity contribution in [2.24, 2.45) is 7.05 Å². The van der Waals surface area contributed by atoms with Crippen LogP contribution in [0, 0.1) is 18.3 Å². The van der Waals surface area contributed by atoms with Gasteiger partial charge >= 0.3 is 0 Å². The van der Waals surface area contributed by atoms with Crippen molar-refractivity contribution in [2.45, 2.75) is 50.8 Å². The van der Waals surface area contributed by atoms with Gasteiger partial charge in [0.1, 0.15) is 18.2 Å². The van der Waals surface area contributed by atoms with Gasteiger partial charge in [0.15, 0.2) is 5.82 Å². The molecule has 1 saturated carbocycles. The van der Waals surface area contributed by atoms with Crippen LogP contribution in [0.15, 0.2) is 64.3 Å². The van der Waals surface area contributed by atoms with Gasteiger partial charge in [-0.3, -0.25) is 14.7 Å². The Morgan fingerprint density at radius 2 is 1.98 bits per heavy atom. The van der Waals surface area contributed by atoms with Gasteiger partial charge in [-0.05, 0) is 78.8 Å². The summed E-state index contributed by atoms with van der Waals surface area (Å²) in [6.07, 6.45) is 6.74. The molecular weight excluding hydrogens is 540 g/mol. The molecule has 9 nitrogen and oxygen atoms in total. The van der Waals surface area contributed by atoms with Gasteiger partial charge in [0, 0.05) is 43.4 Å². The molecule has 0 amide bonds. The molecule has 2 bridgehead atoms. The van der Waals surface area contributed by atoms with Crippen molar-refractivity contribution >= 4 is 11.0 Å². The second-order valence-corrected chi connectivity index (χ2v) is 12.1. The van der Waals surface area contributed by atoms with Crippen molar-refractivity contribution in [3.05, 3.63) is 87.7 Å². The molecule has 5 heterocycles. The maximum absolute atomic E-state index is 14.1. The van der Waals surface area contributed by atoms with E-state index in [1.54, 1.807) is 18.7 Å². The van der Waals surface area contributed by atoms with Crippen molar-refractivity contribution in [1.29, 1.82) is 5.26 Å². The highest BCUT2D eigenvalue weighted by Gasteiger charge is 2.38. The van der Waals surface area contributed by atoms with E-state index in [0.717, 1.165) is 72.5 Å². The first-order valence-corrected chi connectivity index (χ1v) is 14.8. The molecule has 43 heavy (non-hydrogen) atoms.